The molecule has 2 N–H and O–H groups in total. The van der Waals surface area contributed by atoms with E-state index < -0.39 is 0 Å². The second kappa shape index (κ2) is 6.91. The van der Waals surface area contributed by atoms with Crippen LogP contribution < -0.4 is 10.6 Å². The molecule has 0 aliphatic heterocycles. The molecule has 0 atom stereocenters. The number of anilines is 1. The number of benzene rings is 1. The minimum absolute atomic E-state index is 0.158. The van der Waals surface area contributed by atoms with E-state index in [9.17, 15) is 4.79 Å². The summed E-state index contributed by atoms with van der Waals surface area (Å²) >= 11 is 5.91. The monoisotopic (exact) mass is 289 g/mol. The molecule has 1 heterocycles. The molecule has 4 nitrogen and oxygen atoms in total. The summed E-state index contributed by atoms with van der Waals surface area (Å²) in [5.41, 5.74) is 2.28. The molecule has 1 amide bonds. The quantitative estimate of drug-likeness (QED) is 0.889. The van der Waals surface area contributed by atoms with Gasteiger partial charge in [-0.05, 0) is 30.7 Å². The number of aromatic nitrogens is 1. The van der Waals surface area contributed by atoms with Crippen LogP contribution in [0, 0.1) is 0 Å². The van der Waals surface area contributed by atoms with Gasteiger partial charge in [-0.3, -0.25) is 9.78 Å². The molecule has 0 aliphatic carbocycles. The number of amides is 1. The highest BCUT2D eigenvalue weighted by atomic mass is 35.5. The van der Waals surface area contributed by atoms with Crippen molar-refractivity contribution in [3.8, 4) is 0 Å². The highest BCUT2D eigenvalue weighted by molar-refractivity contribution is 6.30. The Bertz CT molecular complexity index is 601. The molecular formula is C15H16ClN3O. The summed E-state index contributed by atoms with van der Waals surface area (Å²) in [6, 6.07) is 9.20. The Balaban J connectivity index is 2.05. The molecular weight excluding hydrogens is 274 g/mol. The van der Waals surface area contributed by atoms with Crippen LogP contribution in [0.1, 0.15) is 22.8 Å². The van der Waals surface area contributed by atoms with Gasteiger partial charge in [0, 0.05) is 30.5 Å². The molecule has 0 bridgehead atoms. The van der Waals surface area contributed by atoms with Gasteiger partial charge in [0.15, 0.2) is 0 Å². The number of rotatable bonds is 5. The summed E-state index contributed by atoms with van der Waals surface area (Å²) in [5, 5.41) is 6.66. The van der Waals surface area contributed by atoms with Crippen LogP contribution in [0.25, 0.3) is 0 Å². The van der Waals surface area contributed by atoms with Gasteiger partial charge in [0.05, 0.1) is 11.3 Å². The number of carbonyl (C=O) groups is 1. The van der Waals surface area contributed by atoms with Gasteiger partial charge in [-0.25, -0.2) is 0 Å². The van der Waals surface area contributed by atoms with E-state index in [0.717, 1.165) is 17.8 Å². The van der Waals surface area contributed by atoms with Gasteiger partial charge in [0.1, 0.15) is 0 Å². The van der Waals surface area contributed by atoms with Gasteiger partial charge in [0.2, 0.25) is 0 Å². The third-order valence-corrected chi connectivity index (χ3v) is 3.01. The molecule has 0 saturated carbocycles. The van der Waals surface area contributed by atoms with Gasteiger partial charge < -0.3 is 10.6 Å². The van der Waals surface area contributed by atoms with Crippen molar-refractivity contribution in [1.29, 1.82) is 0 Å². The van der Waals surface area contributed by atoms with E-state index in [-0.39, 0.29) is 5.91 Å². The largest absolute Gasteiger partial charge is 0.385 e. The van der Waals surface area contributed by atoms with Crippen molar-refractivity contribution in [3.05, 3.63) is 58.9 Å². The first-order chi connectivity index (χ1) is 9.70. The average molecular weight is 290 g/mol. The molecule has 0 unspecified atom stereocenters. The predicted octanol–water partition coefficient (Wildman–Crippen LogP) is 3.10. The first-order valence-electron chi connectivity index (χ1n) is 6.41. The number of halogens is 1. The Morgan fingerprint density at radius 1 is 1.35 bits per heavy atom. The topological polar surface area (TPSA) is 54.0 Å². The Hall–Kier alpha value is -2.07. The van der Waals surface area contributed by atoms with E-state index in [1.54, 1.807) is 24.5 Å². The fourth-order valence-corrected chi connectivity index (χ4v) is 2.06. The lowest BCUT2D eigenvalue weighted by molar-refractivity contribution is 0.0951. The molecule has 0 spiro atoms. The molecule has 0 fully saturated rings. The van der Waals surface area contributed by atoms with Crippen LogP contribution in [-0.4, -0.2) is 17.4 Å². The molecule has 1 aromatic heterocycles. The Kier molecular flexibility index (Phi) is 4.96. The molecule has 104 valence electrons. The number of hydrogen-bond acceptors (Lipinski definition) is 3. The van der Waals surface area contributed by atoms with E-state index in [1.165, 1.54) is 0 Å². The summed E-state index contributed by atoms with van der Waals surface area (Å²) in [4.78, 5) is 16.2. The van der Waals surface area contributed by atoms with Crippen LogP contribution >= 0.6 is 11.6 Å². The lowest BCUT2D eigenvalue weighted by Gasteiger charge is -2.10. The summed E-state index contributed by atoms with van der Waals surface area (Å²) in [6.45, 7) is 3.16. The molecule has 1 aromatic carbocycles. The van der Waals surface area contributed by atoms with Crippen LogP contribution in [0.15, 0.2) is 42.7 Å². The number of nitrogens with zero attached hydrogens (tertiary/aromatic N) is 1. The third kappa shape index (κ3) is 3.71. The Labute approximate surface area is 123 Å². The van der Waals surface area contributed by atoms with Crippen LogP contribution in [-0.2, 0) is 6.54 Å². The van der Waals surface area contributed by atoms with E-state index in [1.807, 2.05) is 25.1 Å². The van der Waals surface area contributed by atoms with Crippen molar-refractivity contribution in [1.82, 2.24) is 10.3 Å². The van der Waals surface area contributed by atoms with Crippen molar-refractivity contribution >= 4 is 23.2 Å². The van der Waals surface area contributed by atoms with Gasteiger partial charge in [-0.2, -0.15) is 0 Å². The number of nitrogens with one attached hydrogen (secondary N) is 2. The zero-order chi connectivity index (χ0) is 14.4. The van der Waals surface area contributed by atoms with Crippen molar-refractivity contribution in [2.75, 3.05) is 11.9 Å². The maximum absolute atomic E-state index is 12.2. The van der Waals surface area contributed by atoms with Crippen molar-refractivity contribution in [3.63, 3.8) is 0 Å². The van der Waals surface area contributed by atoms with E-state index in [0.29, 0.717) is 17.1 Å². The lowest BCUT2D eigenvalue weighted by atomic mass is 10.2. The maximum Gasteiger partial charge on any atom is 0.255 e. The molecule has 5 heteroatoms. The summed E-state index contributed by atoms with van der Waals surface area (Å²) < 4.78 is 0. The predicted molar refractivity (Wildman–Crippen MR) is 81.0 cm³/mol. The summed E-state index contributed by atoms with van der Waals surface area (Å²) in [5.74, 6) is -0.158. The highest BCUT2D eigenvalue weighted by Gasteiger charge is 2.10. The zero-order valence-electron chi connectivity index (χ0n) is 11.2. The molecule has 0 saturated heterocycles. The lowest BCUT2D eigenvalue weighted by Crippen LogP contribution is -2.24. The standard InChI is InChI=1S/C15H16ClN3O/c1-2-18-14-6-7-17-10-13(14)15(20)19-9-11-4-3-5-12(16)8-11/h3-8,10H,2,9H2,1H3,(H,17,18)(H,19,20). The Morgan fingerprint density at radius 2 is 2.20 bits per heavy atom. The van der Waals surface area contributed by atoms with E-state index in [2.05, 4.69) is 15.6 Å². The van der Waals surface area contributed by atoms with Crippen LogP contribution in [0.3, 0.4) is 0 Å². The fraction of sp³-hybridized carbons (Fsp3) is 0.200. The average Bonchev–Trinajstić information content (AvgIpc) is 2.46. The van der Waals surface area contributed by atoms with Crippen LogP contribution in [0.5, 0.6) is 0 Å². The first kappa shape index (κ1) is 14.3. The third-order valence-electron chi connectivity index (χ3n) is 2.78. The zero-order valence-corrected chi connectivity index (χ0v) is 11.9. The SMILES string of the molecule is CCNc1ccncc1C(=O)NCc1cccc(Cl)c1. The number of hydrogen-bond donors (Lipinski definition) is 2. The normalized spacial score (nSPS) is 10.1. The van der Waals surface area contributed by atoms with Gasteiger partial charge in [-0.1, -0.05) is 23.7 Å². The number of pyridine rings is 1. The fourth-order valence-electron chi connectivity index (χ4n) is 1.84. The van der Waals surface area contributed by atoms with Gasteiger partial charge in [-0.15, -0.1) is 0 Å². The van der Waals surface area contributed by atoms with E-state index in [4.69, 9.17) is 11.6 Å². The summed E-state index contributed by atoms with van der Waals surface area (Å²) in [6.07, 6.45) is 3.22. The Morgan fingerprint density at radius 3 is 2.95 bits per heavy atom. The minimum atomic E-state index is -0.158. The van der Waals surface area contributed by atoms with Crippen molar-refractivity contribution < 1.29 is 4.79 Å². The summed E-state index contributed by atoms with van der Waals surface area (Å²) in [7, 11) is 0. The molecule has 2 rings (SSSR count). The van der Waals surface area contributed by atoms with Crippen molar-refractivity contribution in [2.45, 2.75) is 13.5 Å². The van der Waals surface area contributed by atoms with Crippen LogP contribution in [0.2, 0.25) is 5.02 Å². The second-order valence-electron chi connectivity index (χ2n) is 4.26. The van der Waals surface area contributed by atoms with E-state index >= 15 is 0 Å². The smallest absolute Gasteiger partial charge is 0.255 e. The first-order valence-corrected chi connectivity index (χ1v) is 6.79. The van der Waals surface area contributed by atoms with Gasteiger partial charge in [0.25, 0.3) is 5.91 Å². The number of carbonyl (C=O) groups excluding carboxylic acids is 1. The maximum atomic E-state index is 12.2. The minimum Gasteiger partial charge on any atom is -0.385 e. The molecule has 2 aromatic rings. The molecule has 20 heavy (non-hydrogen) atoms. The molecule has 0 radical (unpaired) electrons. The highest BCUT2D eigenvalue weighted by Crippen LogP contribution is 2.14. The second-order valence-corrected chi connectivity index (χ2v) is 4.70. The van der Waals surface area contributed by atoms with Gasteiger partial charge >= 0.3 is 0 Å². The molecule has 0 aliphatic rings. The van der Waals surface area contributed by atoms with Crippen molar-refractivity contribution in [2.24, 2.45) is 0 Å². The van der Waals surface area contributed by atoms with Crippen LogP contribution in [0.4, 0.5) is 5.69 Å².